The summed E-state index contributed by atoms with van der Waals surface area (Å²) in [5.74, 6) is 1.53. The Morgan fingerprint density at radius 1 is 0.929 bits per heavy atom. The number of rotatable bonds is 5. The Morgan fingerprint density at radius 3 is 2.18 bits per heavy atom. The van der Waals surface area contributed by atoms with Crippen LogP contribution >= 0.6 is 24.0 Å². The van der Waals surface area contributed by atoms with Gasteiger partial charge in [-0.25, -0.2) is 0 Å². The highest BCUT2D eigenvalue weighted by molar-refractivity contribution is 8.27. The van der Waals surface area contributed by atoms with Crippen LogP contribution in [0.3, 0.4) is 0 Å². The van der Waals surface area contributed by atoms with Gasteiger partial charge in [0.25, 0.3) is 5.91 Å². The van der Waals surface area contributed by atoms with Crippen molar-refractivity contribution in [3.63, 3.8) is 0 Å². The Bertz CT molecular complexity index is 985. The molecule has 0 aliphatic carbocycles. The number of thioether (sulfide) groups is 1. The first-order valence-electron chi connectivity index (χ1n) is 8.54. The maximum atomic E-state index is 13.0. The van der Waals surface area contributed by atoms with Crippen LogP contribution in [0.5, 0.6) is 17.2 Å². The first-order valence-corrected chi connectivity index (χ1v) is 9.77. The monoisotopic (exact) mass is 415 g/mol. The second-order valence-electron chi connectivity index (χ2n) is 6.23. The first kappa shape index (κ1) is 20.2. The lowest BCUT2D eigenvalue weighted by molar-refractivity contribution is -0.113. The van der Waals surface area contributed by atoms with E-state index in [1.165, 1.54) is 17.3 Å². The molecule has 2 aromatic rings. The molecule has 1 aliphatic heterocycles. The van der Waals surface area contributed by atoms with Crippen molar-refractivity contribution >= 4 is 46.0 Å². The van der Waals surface area contributed by atoms with E-state index in [1.807, 2.05) is 32.0 Å². The fourth-order valence-corrected chi connectivity index (χ4v) is 4.15. The molecule has 0 unspecified atom stereocenters. The molecule has 0 N–H and O–H groups in total. The van der Waals surface area contributed by atoms with E-state index in [-0.39, 0.29) is 5.91 Å². The number of methoxy groups -OCH3 is 3. The molecule has 1 amide bonds. The van der Waals surface area contributed by atoms with Crippen molar-refractivity contribution in [2.24, 2.45) is 0 Å². The minimum Gasteiger partial charge on any atom is -0.496 e. The van der Waals surface area contributed by atoms with Gasteiger partial charge in [-0.3, -0.25) is 9.69 Å². The highest BCUT2D eigenvalue weighted by atomic mass is 32.2. The van der Waals surface area contributed by atoms with Gasteiger partial charge in [0.05, 0.1) is 31.9 Å². The molecule has 1 fully saturated rings. The Hall–Kier alpha value is -2.51. The zero-order valence-corrected chi connectivity index (χ0v) is 18.0. The van der Waals surface area contributed by atoms with Crippen LogP contribution in [-0.4, -0.2) is 31.6 Å². The van der Waals surface area contributed by atoms with Crippen LogP contribution in [0.4, 0.5) is 5.69 Å². The Kier molecular flexibility index (Phi) is 5.96. The SMILES string of the molecule is COc1cc(OC)c(OC)cc1/C=C1/SC(=S)N(c2ccc(C)c(C)c2)C1=O. The summed E-state index contributed by atoms with van der Waals surface area (Å²) in [6.45, 7) is 4.05. The van der Waals surface area contributed by atoms with Crippen molar-refractivity contribution < 1.29 is 19.0 Å². The van der Waals surface area contributed by atoms with Crippen molar-refractivity contribution in [2.45, 2.75) is 13.8 Å². The molecule has 1 saturated heterocycles. The first-order chi connectivity index (χ1) is 13.4. The maximum Gasteiger partial charge on any atom is 0.270 e. The van der Waals surface area contributed by atoms with Gasteiger partial charge in [0.2, 0.25) is 0 Å². The maximum absolute atomic E-state index is 13.0. The largest absolute Gasteiger partial charge is 0.496 e. The molecule has 146 valence electrons. The van der Waals surface area contributed by atoms with Gasteiger partial charge in [0.1, 0.15) is 5.75 Å². The lowest BCUT2D eigenvalue weighted by Gasteiger charge is -2.16. The van der Waals surface area contributed by atoms with Gasteiger partial charge in [-0.1, -0.05) is 30.0 Å². The zero-order chi connectivity index (χ0) is 20.4. The second kappa shape index (κ2) is 8.24. The van der Waals surface area contributed by atoms with E-state index < -0.39 is 0 Å². The average Bonchev–Trinajstić information content (AvgIpc) is 2.96. The average molecular weight is 416 g/mol. The number of amides is 1. The number of hydrogen-bond donors (Lipinski definition) is 0. The van der Waals surface area contributed by atoms with Crippen molar-refractivity contribution in [3.8, 4) is 17.2 Å². The fourth-order valence-electron chi connectivity index (χ4n) is 2.86. The highest BCUT2D eigenvalue weighted by Crippen LogP contribution is 2.40. The number of ether oxygens (including phenoxy) is 3. The third-order valence-electron chi connectivity index (χ3n) is 4.56. The van der Waals surface area contributed by atoms with Crippen LogP contribution in [0.25, 0.3) is 6.08 Å². The van der Waals surface area contributed by atoms with Gasteiger partial charge < -0.3 is 14.2 Å². The molecular weight excluding hydrogens is 394 g/mol. The predicted octanol–water partition coefficient (Wildman–Crippen LogP) is 4.74. The van der Waals surface area contributed by atoms with Gasteiger partial charge >= 0.3 is 0 Å². The number of aryl methyl sites for hydroxylation is 2. The van der Waals surface area contributed by atoms with Crippen molar-refractivity contribution in [1.29, 1.82) is 0 Å². The van der Waals surface area contributed by atoms with E-state index in [4.69, 9.17) is 26.4 Å². The molecule has 0 bridgehead atoms. The molecule has 5 nitrogen and oxygen atoms in total. The summed E-state index contributed by atoms with van der Waals surface area (Å²) in [6, 6.07) is 9.38. The normalized spacial score (nSPS) is 15.3. The number of hydrogen-bond acceptors (Lipinski definition) is 6. The Morgan fingerprint density at radius 2 is 1.57 bits per heavy atom. The van der Waals surface area contributed by atoms with Crippen molar-refractivity contribution in [2.75, 3.05) is 26.2 Å². The van der Waals surface area contributed by atoms with Crippen LogP contribution in [0.15, 0.2) is 35.2 Å². The molecule has 1 heterocycles. The number of nitrogens with zero attached hydrogens (tertiary/aromatic N) is 1. The minimum atomic E-state index is -0.157. The van der Waals surface area contributed by atoms with Crippen molar-refractivity contribution in [1.82, 2.24) is 0 Å². The van der Waals surface area contributed by atoms with Crippen molar-refractivity contribution in [3.05, 3.63) is 51.9 Å². The summed E-state index contributed by atoms with van der Waals surface area (Å²) in [4.78, 5) is 15.1. The summed E-state index contributed by atoms with van der Waals surface area (Å²) in [5.41, 5.74) is 3.76. The molecule has 0 atom stereocenters. The highest BCUT2D eigenvalue weighted by Gasteiger charge is 2.33. The molecule has 7 heteroatoms. The van der Waals surface area contributed by atoms with Gasteiger partial charge in [-0.2, -0.15) is 0 Å². The number of carbonyl (C=O) groups excluding carboxylic acids is 1. The van der Waals surface area contributed by atoms with Crippen LogP contribution in [0.1, 0.15) is 16.7 Å². The molecule has 1 aliphatic rings. The van der Waals surface area contributed by atoms with Gasteiger partial charge in [-0.15, -0.1) is 0 Å². The second-order valence-corrected chi connectivity index (χ2v) is 7.91. The molecule has 0 aromatic heterocycles. The van der Waals surface area contributed by atoms with E-state index in [0.717, 1.165) is 11.3 Å². The molecule has 0 radical (unpaired) electrons. The number of thiocarbonyl (C=S) groups is 1. The van der Waals surface area contributed by atoms with E-state index in [1.54, 1.807) is 44.4 Å². The number of benzene rings is 2. The summed E-state index contributed by atoms with van der Waals surface area (Å²) >= 11 is 6.74. The van der Waals surface area contributed by atoms with E-state index in [2.05, 4.69) is 0 Å². The van der Waals surface area contributed by atoms with Crippen LogP contribution in [-0.2, 0) is 4.79 Å². The summed E-state index contributed by atoms with van der Waals surface area (Å²) < 4.78 is 16.6. The molecule has 0 spiro atoms. The lowest BCUT2D eigenvalue weighted by Crippen LogP contribution is -2.27. The van der Waals surface area contributed by atoms with Gasteiger partial charge in [0.15, 0.2) is 15.8 Å². The van der Waals surface area contributed by atoms with E-state index in [9.17, 15) is 4.79 Å². The van der Waals surface area contributed by atoms with Crippen LogP contribution in [0, 0.1) is 13.8 Å². The molecule has 0 saturated carbocycles. The fraction of sp³-hybridized carbons (Fsp3) is 0.238. The van der Waals surface area contributed by atoms with E-state index >= 15 is 0 Å². The zero-order valence-electron chi connectivity index (χ0n) is 16.4. The predicted molar refractivity (Wildman–Crippen MR) is 118 cm³/mol. The molecule has 3 rings (SSSR count). The standard InChI is InChI=1S/C21H21NO4S2/c1-12-6-7-15(8-13(12)2)22-20(23)19(28-21(22)27)10-14-9-17(25-4)18(26-5)11-16(14)24-3/h6-11H,1-5H3/b19-10+. The van der Waals surface area contributed by atoms with E-state index in [0.29, 0.717) is 32.0 Å². The Labute approximate surface area is 174 Å². The molecule has 2 aromatic carbocycles. The third kappa shape index (κ3) is 3.72. The lowest BCUT2D eigenvalue weighted by atomic mass is 10.1. The minimum absolute atomic E-state index is 0.157. The Balaban J connectivity index is 2.01. The number of carbonyl (C=O) groups is 1. The quantitative estimate of drug-likeness (QED) is 0.520. The summed E-state index contributed by atoms with van der Waals surface area (Å²) in [6.07, 6.45) is 1.77. The number of anilines is 1. The topological polar surface area (TPSA) is 48.0 Å². The van der Waals surface area contributed by atoms with Gasteiger partial charge in [0, 0.05) is 11.6 Å². The summed E-state index contributed by atoms with van der Waals surface area (Å²) in [5, 5.41) is 0. The molecule has 28 heavy (non-hydrogen) atoms. The van der Waals surface area contributed by atoms with Crippen LogP contribution in [0.2, 0.25) is 0 Å². The van der Waals surface area contributed by atoms with Gasteiger partial charge in [-0.05, 0) is 49.2 Å². The van der Waals surface area contributed by atoms with Crippen LogP contribution < -0.4 is 19.1 Å². The summed E-state index contributed by atoms with van der Waals surface area (Å²) in [7, 11) is 4.69. The third-order valence-corrected chi connectivity index (χ3v) is 5.87. The molecular formula is C21H21NO4S2. The smallest absolute Gasteiger partial charge is 0.270 e.